The van der Waals surface area contributed by atoms with Crippen molar-refractivity contribution < 1.29 is 34.1 Å². The number of ether oxygens (including phenoxy) is 2. The molecule has 248 valence electrons. The number of anilines is 2. The summed E-state index contributed by atoms with van der Waals surface area (Å²) in [6.07, 6.45) is -0.200. The molecule has 0 saturated carbocycles. The highest BCUT2D eigenvalue weighted by Gasteiger charge is 2.51. The summed E-state index contributed by atoms with van der Waals surface area (Å²) in [7, 11) is 0. The highest BCUT2D eigenvalue weighted by molar-refractivity contribution is 5.93. The molecule has 3 aliphatic heterocycles. The highest BCUT2D eigenvalue weighted by Crippen LogP contribution is 2.43. The topological polar surface area (TPSA) is 141 Å². The number of carbonyl (C=O) groups excluding carboxylic acids is 2. The van der Waals surface area contributed by atoms with Crippen LogP contribution in [0, 0.1) is 5.92 Å². The molecule has 11 heteroatoms. The maximum Gasteiger partial charge on any atom is 0.303 e. The number of para-hydroxylation sites is 1. The molecule has 3 fully saturated rings. The number of nitrogens with zero attached hydrogens (tertiary/aromatic N) is 2. The first kappa shape index (κ1) is 32.6. The molecule has 11 nitrogen and oxygen atoms in total. The van der Waals surface area contributed by atoms with E-state index in [0.717, 1.165) is 35.5 Å². The lowest BCUT2D eigenvalue weighted by Crippen LogP contribution is -2.57. The highest BCUT2D eigenvalue weighted by atomic mass is 16.7. The Hall–Kier alpha value is -4.29. The summed E-state index contributed by atoms with van der Waals surface area (Å²) in [5.41, 5.74) is 3.52. The summed E-state index contributed by atoms with van der Waals surface area (Å²) in [5, 5.41) is 24.4. The zero-order valence-corrected chi connectivity index (χ0v) is 26.5. The van der Waals surface area contributed by atoms with Gasteiger partial charge in [-0.05, 0) is 48.2 Å². The molecule has 0 radical (unpaired) electrons. The van der Waals surface area contributed by atoms with Crippen molar-refractivity contribution in [2.75, 3.05) is 36.5 Å². The number of carboxylic acids is 1. The summed E-state index contributed by atoms with van der Waals surface area (Å²) in [6, 6.07) is 25.1. The average Bonchev–Trinajstić information content (AvgIpc) is 3.40. The third-order valence-corrected chi connectivity index (χ3v) is 9.66. The number of benzene rings is 3. The van der Waals surface area contributed by atoms with Crippen LogP contribution in [0.15, 0.2) is 78.9 Å². The van der Waals surface area contributed by atoms with E-state index in [1.54, 1.807) is 12.1 Å². The number of aliphatic hydroxyl groups is 1. The second-order valence-electron chi connectivity index (χ2n) is 12.6. The third kappa shape index (κ3) is 7.18. The van der Waals surface area contributed by atoms with Crippen LogP contribution in [0.25, 0.3) is 0 Å². The molecule has 1 spiro atoms. The number of amides is 2. The van der Waals surface area contributed by atoms with Gasteiger partial charge in [-0.1, -0.05) is 61.5 Å². The molecule has 6 rings (SSSR count). The second-order valence-corrected chi connectivity index (χ2v) is 12.6. The quantitative estimate of drug-likeness (QED) is 0.256. The van der Waals surface area contributed by atoms with E-state index >= 15 is 0 Å². The largest absolute Gasteiger partial charge is 0.481 e. The summed E-state index contributed by atoms with van der Waals surface area (Å²) in [4.78, 5) is 41.0. The van der Waals surface area contributed by atoms with Gasteiger partial charge in [0.05, 0.1) is 31.9 Å². The number of hydrogen-bond donors (Lipinski definition) is 4. The van der Waals surface area contributed by atoms with E-state index in [1.165, 1.54) is 0 Å². The first-order valence-corrected chi connectivity index (χ1v) is 16.2. The van der Waals surface area contributed by atoms with Crippen molar-refractivity contribution in [1.82, 2.24) is 10.2 Å². The van der Waals surface area contributed by atoms with Gasteiger partial charge in [0.25, 0.3) is 0 Å². The molecule has 4 atom stereocenters. The van der Waals surface area contributed by atoms with Crippen LogP contribution >= 0.6 is 0 Å². The molecule has 3 saturated heterocycles. The number of rotatable bonds is 10. The Kier molecular flexibility index (Phi) is 9.88. The Labute approximate surface area is 274 Å². The maximum absolute atomic E-state index is 13.2. The SMILES string of the molecule is C[C@H]1[C@@H](CN2CCC3(CC2)C(=O)NCN3c2ccccc2)O[C@@H](c2cccc(NC(=O)CCC(=O)O)c2)O[C@H]1c1ccc(CO)cc1. The zero-order chi connectivity index (χ0) is 33.0. The molecule has 3 aliphatic rings. The van der Waals surface area contributed by atoms with Crippen molar-refractivity contribution in [3.63, 3.8) is 0 Å². The van der Waals surface area contributed by atoms with Crippen molar-refractivity contribution in [3.05, 3.63) is 95.6 Å². The number of nitrogens with one attached hydrogen (secondary N) is 2. The molecule has 3 aromatic carbocycles. The Balaban J connectivity index is 1.19. The van der Waals surface area contributed by atoms with E-state index in [9.17, 15) is 19.5 Å². The fraction of sp³-hybridized carbons (Fsp3) is 0.417. The monoisotopic (exact) mass is 642 g/mol. The van der Waals surface area contributed by atoms with Crippen molar-refractivity contribution in [2.24, 2.45) is 5.92 Å². The van der Waals surface area contributed by atoms with Gasteiger partial charge in [-0.3, -0.25) is 14.4 Å². The molecule has 0 unspecified atom stereocenters. The van der Waals surface area contributed by atoms with Gasteiger partial charge < -0.3 is 40.1 Å². The Bertz CT molecular complexity index is 1560. The van der Waals surface area contributed by atoms with Crippen LogP contribution in [0.2, 0.25) is 0 Å². The second kappa shape index (κ2) is 14.2. The van der Waals surface area contributed by atoms with Gasteiger partial charge >= 0.3 is 5.97 Å². The molecule has 3 heterocycles. The van der Waals surface area contributed by atoms with Crippen LogP contribution in [0.1, 0.15) is 61.7 Å². The first-order valence-electron chi connectivity index (χ1n) is 16.2. The van der Waals surface area contributed by atoms with Crippen LogP contribution in [0.5, 0.6) is 0 Å². The number of likely N-dealkylation sites (tertiary alicyclic amines) is 1. The lowest BCUT2D eigenvalue weighted by atomic mass is 9.84. The van der Waals surface area contributed by atoms with Crippen LogP contribution < -0.4 is 15.5 Å². The molecule has 4 N–H and O–H groups in total. The van der Waals surface area contributed by atoms with Gasteiger partial charge in [0, 0.05) is 48.9 Å². The van der Waals surface area contributed by atoms with Crippen LogP contribution in [0.3, 0.4) is 0 Å². The van der Waals surface area contributed by atoms with E-state index in [0.29, 0.717) is 31.7 Å². The fourth-order valence-corrected chi connectivity index (χ4v) is 6.93. The summed E-state index contributed by atoms with van der Waals surface area (Å²) >= 11 is 0. The van der Waals surface area contributed by atoms with Gasteiger partial charge in [-0.25, -0.2) is 0 Å². The van der Waals surface area contributed by atoms with E-state index in [4.69, 9.17) is 14.6 Å². The molecule has 0 aromatic heterocycles. The Morgan fingerprint density at radius 2 is 1.70 bits per heavy atom. The average molecular weight is 643 g/mol. The summed E-state index contributed by atoms with van der Waals surface area (Å²) in [6.45, 7) is 4.71. The molecular weight excluding hydrogens is 600 g/mol. The van der Waals surface area contributed by atoms with E-state index in [-0.39, 0.29) is 49.4 Å². The van der Waals surface area contributed by atoms with Crippen LogP contribution in [-0.2, 0) is 30.5 Å². The first-order chi connectivity index (χ1) is 22.8. The molecular formula is C36H42N4O7. The third-order valence-electron chi connectivity index (χ3n) is 9.66. The van der Waals surface area contributed by atoms with Crippen molar-refractivity contribution >= 4 is 29.2 Å². The standard InChI is InChI=1S/C36H42N4O7/c1-24-30(21-39-18-16-36(17-19-39)35(45)37-23-40(36)29-8-3-2-4-9-29)46-34(47-33(24)26-12-10-25(22-41)11-13-26)27-6-5-7-28(20-27)38-31(42)14-15-32(43)44/h2-13,20,24,30,33-34,41H,14-19,21-23H2,1H3,(H,37,45)(H,38,42)(H,43,44)/t24-,30+,33+,34+/m0/s1. The molecule has 0 bridgehead atoms. The lowest BCUT2D eigenvalue weighted by molar-refractivity contribution is -0.276. The zero-order valence-electron chi connectivity index (χ0n) is 26.5. The summed E-state index contributed by atoms with van der Waals surface area (Å²) in [5.74, 6) is -1.34. The van der Waals surface area contributed by atoms with Gasteiger partial charge in [-0.2, -0.15) is 0 Å². The molecule has 0 aliphatic carbocycles. The summed E-state index contributed by atoms with van der Waals surface area (Å²) < 4.78 is 13.3. The van der Waals surface area contributed by atoms with E-state index in [2.05, 4.69) is 39.5 Å². The minimum Gasteiger partial charge on any atom is -0.481 e. The van der Waals surface area contributed by atoms with Gasteiger partial charge in [0.15, 0.2) is 6.29 Å². The van der Waals surface area contributed by atoms with Crippen LogP contribution in [0.4, 0.5) is 11.4 Å². The number of aliphatic carboxylic acids is 1. The number of carboxylic acid groups (broad SMARTS) is 1. The normalized spacial score (nSPS) is 24.2. The minimum absolute atomic E-state index is 0.0170. The van der Waals surface area contributed by atoms with Crippen molar-refractivity contribution in [2.45, 2.75) is 63.3 Å². The lowest BCUT2D eigenvalue weighted by Gasteiger charge is -2.46. The molecule has 2 amide bonds. The molecule has 3 aromatic rings. The molecule has 47 heavy (non-hydrogen) atoms. The predicted molar refractivity (Wildman–Crippen MR) is 175 cm³/mol. The number of piperidine rings is 1. The maximum atomic E-state index is 13.2. The number of aliphatic hydroxyl groups excluding tert-OH is 1. The van der Waals surface area contributed by atoms with Crippen molar-refractivity contribution in [3.8, 4) is 0 Å². The smallest absolute Gasteiger partial charge is 0.303 e. The predicted octanol–water partition coefficient (Wildman–Crippen LogP) is 4.20. The number of carbonyl (C=O) groups is 3. The van der Waals surface area contributed by atoms with E-state index < -0.39 is 17.8 Å². The van der Waals surface area contributed by atoms with Crippen LogP contribution in [-0.4, -0.2) is 70.8 Å². The minimum atomic E-state index is -1.03. The number of hydrogen-bond acceptors (Lipinski definition) is 8. The van der Waals surface area contributed by atoms with Crippen molar-refractivity contribution in [1.29, 1.82) is 0 Å². The Morgan fingerprint density at radius 1 is 0.957 bits per heavy atom. The van der Waals surface area contributed by atoms with E-state index in [1.807, 2.05) is 54.6 Å². The van der Waals surface area contributed by atoms with Gasteiger partial charge in [0.1, 0.15) is 5.54 Å². The Morgan fingerprint density at radius 3 is 2.40 bits per heavy atom. The fourth-order valence-electron chi connectivity index (χ4n) is 6.93. The van der Waals surface area contributed by atoms with Gasteiger partial charge in [-0.15, -0.1) is 0 Å². The van der Waals surface area contributed by atoms with Gasteiger partial charge in [0.2, 0.25) is 11.8 Å².